The number of nitrogens with one attached hydrogen (secondary N) is 1. The fraction of sp³-hybridized carbons (Fsp3) is 0.364. The van der Waals surface area contributed by atoms with E-state index in [0.29, 0.717) is 5.88 Å². The van der Waals surface area contributed by atoms with Gasteiger partial charge in [0.1, 0.15) is 30.2 Å². The standard InChI is InChI=1S/C22H25N3O2S/c1-4-7-17-8-5-6-9-18(17)27-21-20-15(2)16(3)28-22(20)24-19(23-21)14-25-10-12-26-13-11-25/h4-6,8-9H,1,7,10-14H2,2-3H3/p+1. The van der Waals surface area contributed by atoms with Crippen molar-refractivity contribution >= 4 is 21.6 Å². The number of fused-ring (bicyclic) bond motifs is 1. The molecule has 0 saturated carbocycles. The van der Waals surface area contributed by atoms with Crippen molar-refractivity contribution in [3.8, 4) is 11.6 Å². The maximum atomic E-state index is 6.37. The quantitative estimate of drug-likeness (QED) is 0.650. The van der Waals surface area contributed by atoms with Crippen LogP contribution in [0.2, 0.25) is 0 Å². The number of aryl methyl sites for hydroxylation is 2. The van der Waals surface area contributed by atoms with Gasteiger partial charge in [0, 0.05) is 4.88 Å². The molecule has 0 aliphatic carbocycles. The van der Waals surface area contributed by atoms with Crippen LogP contribution < -0.4 is 9.64 Å². The summed E-state index contributed by atoms with van der Waals surface area (Å²) < 4.78 is 11.8. The summed E-state index contributed by atoms with van der Waals surface area (Å²) in [7, 11) is 0. The molecule has 5 nitrogen and oxygen atoms in total. The molecule has 3 heterocycles. The summed E-state index contributed by atoms with van der Waals surface area (Å²) in [4.78, 5) is 13.4. The van der Waals surface area contributed by atoms with Crippen molar-refractivity contribution in [2.24, 2.45) is 0 Å². The second kappa shape index (κ2) is 8.39. The molecule has 146 valence electrons. The third kappa shape index (κ3) is 3.94. The average molecular weight is 397 g/mol. The van der Waals surface area contributed by atoms with Gasteiger partial charge in [-0.3, -0.25) is 0 Å². The van der Waals surface area contributed by atoms with Gasteiger partial charge in [-0.25, -0.2) is 4.98 Å². The monoisotopic (exact) mass is 396 g/mol. The normalized spacial score (nSPS) is 15.1. The molecule has 0 atom stereocenters. The largest absolute Gasteiger partial charge is 0.438 e. The molecule has 1 aromatic carbocycles. The van der Waals surface area contributed by atoms with Gasteiger partial charge in [0.15, 0.2) is 5.82 Å². The van der Waals surface area contributed by atoms with Crippen molar-refractivity contribution in [3.05, 3.63) is 58.7 Å². The second-order valence-electron chi connectivity index (χ2n) is 7.15. The molecule has 0 bridgehead atoms. The zero-order valence-electron chi connectivity index (χ0n) is 16.5. The van der Waals surface area contributed by atoms with Gasteiger partial charge >= 0.3 is 0 Å². The fourth-order valence-corrected chi connectivity index (χ4v) is 4.54. The number of para-hydroxylation sites is 1. The highest BCUT2D eigenvalue weighted by Crippen LogP contribution is 2.37. The highest BCUT2D eigenvalue weighted by Gasteiger charge is 2.21. The molecule has 0 unspecified atom stereocenters. The lowest BCUT2D eigenvalue weighted by atomic mass is 10.1. The molecule has 0 amide bonds. The Morgan fingerprint density at radius 1 is 1.21 bits per heavy atom. The van der Waals surface area contributed by atoms with E-state index >= 15 is 0 Å². The van der Waals surface area contributed by atoms with Crippen molar-refractivity contribution in [2.75, 3.05) is 26.3 Å². The van der Waals surface area contributed by atoms with Crippen molar-refractivity contribution in [1.29, 1.82) is 0 Å². The summed E-state index contributed by atoms with van der Waals surface area (Å²) in [5.41, 5.74) is 2.30. The van der Waals surface area contributed by atoms with E-state index in [9.17, 15) is 0 Å². The zero-order chi connectivity index (χ0) is 19.5. The number of quaternary nitrogens is 1. The van der Waals surface area contributed by atoms with E-state index < -0.39 is 0 Å². The first-order chi connectivity index (χ1) is 13.7. The fourth-order valence-electron chi connectivity index (χ4n) is 3.50. The lowest BCUT2D eigenvalue weighted by Crippen LogP contribution is -3.12. The number of morpholine rings is 1. The van der Waals surface area contributed by atoms with Gasteiger partial charge < -0.3 is 14.4 Å². The number of nitrogens with zero attached hydrogens (tertiary/aromatic N) is 2. The molecule has 0 radical (unpaired) electrons. The molecule has 6 heteroatoms. The summed E-state index contributed by atoms with van der Waals surface area (Å²) in [6, 6.07) is 8.08. The summed E-state index contributed by atoms with van der Waals surface area (Å²) in [6.45, 7) is 12.5. The number of benzene rings is 1. The highest BCUT2D eigenvalue weighted by atomic mass is 32.1. The summed E-state index contributed by atoms with van der Waals surface area (Å²) >= 11 is 1.71. The molecule has 3 aromatic rings. The van der Waals surface area contributed by atoms with Crippen LogP contribution in [0.5, 0.6) is 11.6 Å². The molecule has 2 aromatic heterocycles. The van der Waals surface area contributed by atoms with Gasteiger partial charge in [-0.1, -0.05) is 24.3 Å². The van der Waals surface area contributed by atoms with Crippen LogP contribution in [-0.4, -0.2) is 36.3 Å². The van der Waals surface area contributed by atoms with E-state index in [-0.39, 0.29) is 0 Å². The van der Waals surface area contributed by atoms with Crippen LogP contribution in [-0.2, 0) is 17.7 Å². The first-order valence-electron chi connectivity index (χ1n) is 9.70. The Bertz CT molecular complexity index is 993. The summed E-state index contributed by atoms with van der Waals surface area (Å²) in [5, 5.41) is 1.02. The van der Waals surface area contributed by atoms with Gasteiger partial charge in [0.25, 0.3) is 0 Å². The molecular weight excluding hydrogens is 370 g/mol. The Morgan fingerprint density at radius 2 is 2.00 bits per heavy atom. The molecule has 4 rings (SSSR count). The lowest BCUT2D eigenvalue weighted by molar-refractivity contribution is -0.922. The number of hydrogen-bond donors (Lipinski definition) is 1. The number of thiophene rings is 1. The van der Waals surface area contributed by atoms with Crippen LogP contribution >= 0.6 is 11.3 Å². The van der Waals surface area contributed by atoms with Crippen molar-refractivity contribution < 1.29 is 14.4 Å². The minimum Gasteiger partial charge on any atom is -0.438 e. The van der Waals surface area contributed by atoms with E-state index in [1.165, 1.54) is 15.3 Å². The lowest BCUT2D eigenvalue weighted by Gasteiger charge is -2.23. The number of hydrogen-bond acceptors (Lipinski definition) is 5. The predicted molar refractivity (Wildman–Crippen MR) is 113 cm³/mol. The third-order valence-corrected chi connectivity index (χ3v) is 6.29. The molecule has 28 heavy (non-hydrogen) atoms. The molecule has 1 aliphatic rings. The smallest absolute Gasteiger partial charge is 0.231 e. The van der Waals surface area contributed by atoms with Crippen LogP contribution in [0.4, 0.5) is 0 Å². The van der Waals surface area contributed by atoms with E-state index in [0.717, 1.165) is 66.6 Å². The van der Waals surface area contributed by atoms with E-state index in [1.807, 2.05) is 24.3 Å². The van der Waals surface area contributed by atoms with Gasteiger partial charge in [-0.15, -0.1) is 17.9 Å². The molecule has 0 spiro atoms. The maximum Gasteiger partial charge on any atom is 0.231 e. The van der Waals surface area contributed by atoms with Crippen LogP contribution in [0.3, 0.4) is 0 Å². The van der Waals surface area contributed by atoms with Crippen LogP contribution in [0.15, 0.2) is 36.9 Å². The molecule has 1 aliphatic heterocycles. The number of aromatic nitrogens is 2. The van der Waals surface area contributed by atoms with E-state index in [2.05, 4.69) is 26.5 Å². The van der Waals surface area contributed by atoms with Gasteiger partial charge in [-0.2, -0.15) is 4.98 Å². The Labute approximate surface area is 169 Å². The molecular formula is C22H26N3O2S+. The van der Waals surface area contributed by atoms with Gasteiger partial charge in [0.05, 0.1) is 18.6 Å². The SMILES string of the molecule is C=CCc1ccccc1Oc1nc(C[NH+]2CCOCC2)nc2sc(C)c(C)c12. The topological polar surface area (TPSA) is 48.7 Å². The zero-order valence-corrected chi connectivity index (χ0v) is 17.3. The molecule has 1 fully saturated rings. The van der Waals surface area contributed by atoms with Gasteiger partial charge in [-0.05, 0) is 37.5 Å². The van der Waals surface area contributed by atoms with Gasteiger partial charge in [0.2, 0.25) is 5.88 Å². The Balaban J connectivity index is 1.74. The summed E-state index contributed by atoms with van der Waals surface area (Å²) in [5.74, 6) is 2.32. The molecule has 1 N–H and O–H groups in total. The maximum absolute atomic E-state index is 6.37. The van der Waals surface area contributed by atoms with Crippen molar-refractivity contribution in [1.82, 2.24) is 9.97 Å². The first-order valence-corrected chi connectivity index (χ1v) is 10.5. The predicted octanol–water partition coefficient (Wildman–Crippen LogP) is 3.24. The first kappa shape index (κ1) is 19.1. The Kier molecular flexibility index (Phi) is 5.71. The second-order valence-corrected chi connectivity index (χ2v) is 8.35. The number of allylic oxidation sites excluding steroid dienone is 1. The minimum atomic E-state index is 0.658. The summed E-state index contributed by atoms with van der Waals surface area (Å²) in [6.07, 6.45) is 2.65. The average Bonchev–Trinajstić information content (AvgIpc) is 2.98. The number of rotatable bonds is 6. The van der Waals surface area contributed by atoms with Crippen LogP contribution in [0.1, 0.15) is 21.8 Å². The highest BCUT2D eigenvalue weighted by molar-refractivity contribution is 7.18. The minimum absolute atomic E-state index is 0.658. The Hall–Kier alpha value is -2.28. The van der Waals surface area contributed by atoms with Crippen LogP contribution in [0, 0.1) is 13.8 Å². The molecule has 1 saturated heterocycles. The van der Waals surface area contributed by atoms with Crippen molar-refractivity contribution in [2.45, 2.75) is 26.8 Å². The number of ether oxygens (including phenoxy) is 2. The van der Waals surface area contributed by atoms with E-state index in [4.69, 9.17) is 19.4 Å². The van der Waals surface area contributed by atoms with Crippen molar-refractivity contribution in [3.63, 3.8) is 0 Å². The third-order valence-electron chi connectivity index (χ3n) is 5.19. The van der Waals surface area contributed by atoms with Crippen LogP contribution in [0.25, 0.3) is 10.2 Å². The Morgan fingerprint density at radius 3 is 2.79 bits per heavy atom. The van der Waals surface area contributed by atoms with E-state index in [1.54, 1.807) is 11.3 Å².